The third kappa shape index (κ3) is 3.76. The largest absolute Gasteiger partial charge is 0.480 e. The Kier molecular flexibility index (Phi) is 5.79. The lowest BCUT2D eigenvalue weighted by molar-refractivity contribution is -0.154. The molecule has 0 radical (unpaired) electrons. The molecule has 0 aromatic carbocycles. The van der Waals surface area contributed by atoms with Gasteiger partial charge < -0.3 is 20.5 Å². The van der Waals surface area contributed by atoms with E-state index in [0.29, 0.717) is 0 Å². The number of carboxylic acids is 1. The molecule has 0 aromatic heterocycles. The average Bonchev–Trinajstić information content (AvgIpc) is 2.46. The van der Waals surface area contributed by atoms with Gasteiger partial charge in [-0.2, -0.15) is 0 Å². The molecule has 9 heteroatoms. The van der Waals surface area contributed by atoms with Crippen LogP contribution in [0.25, 0.3) is 0 Å². The molecule has 0 aliphatic carbocycles. The Bertz CT molecular complexity index is 452. The molecule has 118 valence electrons. The first-order chi connectivity index (χ1) is 9.87. The molecule has 9 nitrogen and oxygen atoms in total. The van der Waals surface area contributed by atoms with Crippen LogP contribution in [0, 0.1) is 0 Å². The van der Waals surface area contributed by atoms with Gasteiger partial charge in [0.15, 0.2) is 11.3 Å². The van der Waals surface area contributed by atoms with Gasteiger partial charge in [-0.05, 0) is 6.42 Å². The predicted molar refractivity (Wildman–Crippen MR) is 70.3 cm³/mol. The summed E-state index contributed by atoms with van der Waals surface area (Å²) in [6.45, 7) is -0.478. The number of nitrogens with one attached hydrogen (secondary N) is 1. The van der Waals surface area contributed by atoms with Gasteiger partial charge in [-0.3, -0.25) is 24.5 Å². The Morgan fingerprint density at radius 3 is 2.67 bits per heavy atom. The maximum atomic E-state index is 12.5. The van der Waals surface area contributed by atoms with E-state index >= 15 is 0 Å². The first kappa shape index (κ1) is 17.1. The number of amides is 1. The molecule has 1 aliphatic heterocycles. The number of esters is 1. The maximum Gasteiger partial charge on any atom is 0.323 e. The van der Waals surface area contributed by atoms with Gasteiger partial charge in [0.2, 0.25) is 0 Å². The normalized spacial score (nSPS) is 22.0. The number of ketones is 1. The monoisotopic (exact) mass is 301 g/mol. The summed E-state index contributed by atoms with van der Waals surface area (Å²) in [5.74, 6) is -2.99. The van der Waals surface area contributed by atoms with Crippen molar-refractivity contribution in [1.29, 1.82) is 0 Å². The van der Waals surface area contributed by atoms with Crippen LogP contribution in [0.2, 0.25) is 0 Å². The van der Waals surface area contributed by atoms with Gasteiger partial charge in [0.05, 0.1) is 13.7 Å². The van der Waals surface area contributed by atoms with Gasteiger partial charge in [-0.25, -0.2) is 0 Å². The number of carboxylic acid groups (broad SMARTS) is 1. The van der Waals surface area contributed by atoms with Crippen molar-refractivity contribution in [3.05, 3.63) is 0 Å². The molecule has 1 heterocycles. The molecule has 1 aliphatic rings. The van der Waals surface area contributed by atoms with E-state index in [1.54, 1.807) is 0 Å². The highest BCUT2D eigenvalue weighted by Gasteiger charge is 2.49. The van der Waals surface area contributed by atoms with Crippen molar-refractivity contribution >= 4 is 23.6 Å². The summed E-state index contributed by atoms with van der Waals surface area (Å²) >= 11 is 0. The molecular weight excluding hydrogens is 282 g/mol. The number of hydrogen-bond acceptors (Lipinski definition) is 7. The summed E-state index contributed by atoms with van der Waals surface area (Å²) < 4.78 is 4.50. The van der Waals surface area contributed by atoms with E-state index < -0.39 is 35.7 Å². The SMILES string of the molecule is COC(=O)CCC1(C(=O)CN)NCCN(CC(=O)O)C1=O. The number of aliphatic carboxylic acids is 1. The lowest BCUT2D eigenvalue weighted by Crippen LogP contribution is -2.69. The molecule has 1 unspecified atom stereocenters. The van der Waals surface area contributed by atoms with Crippen LogP contribution in [0.5, 0.6) is 0 Å². The molecule has 1 atom stereocenters. The van der Waals surface area contributed by atoms with Crippen molar-refractivity contribution in [3.8, 4) is 0 Å². The lowest BCUT2D eigenvalue weighted by atomic mass is 9.85. The van der Waals surface area contributed by atoms with Gasteiger partial charge in [0, 0.05) is 19.5 Å². The van der Waals surface area contributed by atoms with Crippen LogP contribution in [0.3, 0.4) is 0 Å². The van der Waals surface area contributed by atoms with Gasteiger partial charge in [-0.15, -0.1) is 0 Å². The molecule has 0 aromatic rings. The molecule has 1 rings (SSSR count). The van der Waals surface area contributed by atoms with Crippen LogP contribution >= 0.6 is 0 Å². The number of nitrogens with two attached hydrogens (primary N) is 1. The van der Waals surface area contributed by atoms with E-state index in [2.05, 4.69) is 10.1 Å². The Hall–Kier alpha value is -2.00. The molecular formula is C12H19N3O6. The van der Waals surface area contributed by atoms with Gasteiger partial charge >= 0.3 is 11.9 Å². The zero-order valence-corrected chi connectivity index (χ0v) is 11.8. The highest BCUT2D eigenvalue weighted by Crippen LogP contribution is 2.21. The second-order valence-electron chi connectivity index (χ2n) is 4.66. The first-order valence-corrected chi connectivity index (χ1v) is 6.43. The fraction of sp³-hybridized carbons (Fsp3) is 0.667. The summed E-state index contributed by atoms with van der Waals surface area (Å²) in [6, 6.07) is 0. The number of carbonyl (C=O) groups excluding carboxylic acids is 3. The van der Waals surface area contributed by atoms with E-state index in [-0.39, 0.29) is 32.5 Å². The number of rotatable bonds is 7. The van der Waals surface area contributed by atoms with Crippen molar-refractivity contribution in [2.75, 3.05) is 33.3 Å². The fourth-order valence-corrected chi connectivity index (χ4v) is 2.28. The molecule has 0 spiro atoms. The van der Waals surface area contributed by atoms with E-state index in [9.17, 15) is 19.2 Å². The third-order valence-electron chi connectivity index (χ3n) is 3.38. The van der Waals surface area contributed by atoms with E-state index in [4.69, 9.17) is 10.8 Å². The van der Waals surface area contributed by atoms with Crippen LogP contribution < -0.4 is 11.1 Å². The summed E-state index contributed by atoms with van der Waals surface area (Å²) in [5, 5.41) is 11.6. The van der Waals surface area contributed by atoms with Crippen LogP contribution in [-0.4, -0.2) is 72.5 Å². The second-order valence-corrected chi connectivity index (χ2v) is 4.66. The van der Waals surface area contributed by atoms with Gasteiger partial charge in [0.25, 0.3) is 5.91 Å². The highest BCUT2D eigenvalue weighted by atomic mass is 16.5. The van der Waals surface area contributed by atoms with Crippen molar-refractivity contribution in [2.45, 2.75) is 18.4 Å². The predicted octanol–water partition coefficient (Wildman–Crippen LogP) is -2.28. The van der Waals surface area contributed by atoms with Crippen molar-refractivity contribution in [2.24, 2.45) is 5.73 Å². The zero-order chi connectivity index (χ0) is 16.0. The molecule has 1 amide bonds. The topological polar surface area (TPSA) is 139 Å². The molecule has 4 N–H and O–H groups in total. The minimum absolute atomic E-state index is 0.120. The number of nitrogens with zero attached hydrogens (tertiary/aromatic N) is 1. The van der Waals surface area contributed by atoms with Crippen LogP contribution in [-0.2, 0) is 23.9 Å². The Labute approximate surface area is 121 Å². The molecule has 0 saturated carbocycles. The van der Waals surface area contributed by atoms with Crippen molar-refractivity contribution in [3.63, 3.8) is 0 Å². The van der Waals surface area contributed by atoms with Gasteiger partial charge in [-0.1, -0.05) is 0 Å². The smallest absolute Gasteiger partial charge is 0.323 e. The van der Waals surface area contributed by atoms with Crippen LogP contribution in [0.4, 0.5) is 0 Å². The molecule has 1 saturated heterocycles. The molecule has 1 fully saturated rings. The molecule has 21 heavy (non-hydrogen) atoms. The minimum atomic E-state index is -1.66. The van der Waals surface area contributed by atoms with Crippen molar-refractivity contribution < 1.29 is 29.0 Å². The first-order valence-electron chi connectivity index (χ1n) is 6.43. The Morgan fingerprint density at radius 1 is 1.48 bits per heavy atom. The minimum Gasteiger partial charge on any atom is -0.480 e. The second kappa shape index (κ2) is 7.14. The lowest BCUT2D eigenvalue weighted by Gasteiger charge is -2.40. The Balaban J connectivity index is 2.99. The van der Waals surface area contributed by atoms with E-state index in [0.717, 1.165) is 4.90 Å². The number of methoxy groups -OCH3 is 1. The average molecular weight is 301 g/mol. The highest BCUT2D eigenvalue weighted by molar-refractivity contribution is 6.12. The zero-order valence-electron chi connectivity index (χ0n) is 11.8. The Morgan fingerprint density at radius 2 is 2.14 bits per heavy atom. The fourth-order valence-electron chi connectivity index (χ4n) is 2.28. The summed E-state index contributed by atoms with van der Waals surface area (Å²) in [6.07, 6.45) is -0.271. The van der Waals surface area contributed by atoms with Gasteiger partial charge in [0.1, 0.15) is 6.54 Å². The summed E-state index contributed by atoms with van der Waals surface area (Å²) in [7, 11) is 1.20. The molecule has 0 bridgehead atoms. The number of ether oxygens (including phenoxy) is 1. The van der Waals surface area contributed by atoms with Crippen LogP contribution in [0.1, 0.15) is 12.8 Å². The quantitative estimate of drug-likeness (QED) is 0.353. The summed E-state index contributed by atoms with van der Waals surface area (Å²) in [4.78, 5) is 47.7. The number of hydrogen-bond donors (Lipinski definition) is 3. The number of carbonyl (C=O) groups is 4. The van der Waals surface area contributed by atoms with Crippen molar-refractivity contribution in [1.82, 2.24) is 10.2 Å². The van der Waals surface area contributed by atoms with E-state index in [1.807, 2.05) is 0 Å². The van der Waals surface area contributed by atoms with E-state index in [1.165, 1.54) is 7.11 Å². The summed E-state index contributed by atoms with van der Waals surface area (Å²) in [5.41, 5.74) is 3.69. The number of piperazine rings is 1. The maximum absolute atomic E-state index is 12.5. The number of Topliss-reactive ketones (excluding diaryl/α,β-unsaturated/α-hetero) is 1. The standard InChI is InChI=1S/C12H19N3O6/c1-21-10(19)2-3-12(8(16)6-13)11(20)15(5-4-14-12)7-9(17)18/h14H,2-7,13H2,1H3,(H,17,18). The van der Waals surface area contributed by atoms with Crippen LogP contribution in [0.15, 0.2) is 0 Å². The third-order valence-corrected chi connectivity index (χ3v) is 3.38.